The van der Waals surface area contributed by atoms with Gasteiger partial charge in [0.25, 0.3) is 0 Å². The highest BCUT2D eigenvalue weighted by molar-refractivity contribution is 7.99. The summed E-state index contributed by atoms with van der Waals surface area (Å²) in [7, 11) is 0. The van der Waals surface area contributed by atoms with Crippen molar-refractivity contribution in [2.24, 2.45) is 0 Å². The van der Waals surface area contributed by atoms with E-state index in [-0.39, 0.29) is 0 Å². The summed E-state index contributed by atoms with van der Waals surface area (Å²) in [4.78, 5) is 13.5. The van der Waals surface area contributed by atoms with Crippen molar-refractivity contribution in [3.8, 4) is 5.69 Å². The van der Waals surface area contributed by atoms with Gasteiger partial charge in [0.1, 0.15) is 0 Å². The zero-order valence-corrected chi connectivity index (χ0v) is 17.9. The number of hydrogen-bond acceptors (Lipinski definition) is 3. The third-order valence-electron chi connectivity index (χ3n) is 4.97. The summed E-state index contributed by atoms with van der Waals surface area (Å²) in [6.07, 6.45) is 3.86. The van der Waals surface area contributed by atoms with Crippen LogP contribution in [0.3, 0.4) is 0 Å². The number of rotatable bonds is 5. The van der Waals surface area contributed by atoms with Crippen molar-refractivity contribution in [3.05, 3.63) is 70.6 Å². The van der Waals surface area contributed by atoms with Gasteiger partial charge in [-0.05, 0) is 50.6 Å². The first-order valence-corrected chi connectivity index (χ1v) is 10.4. The number of fused-ring (bicyclic) bond motifs is 1. The molecule has 0 aliphatic carbocycles. The van der Waals surface area contributed by atoms with E-state index in [1.165, 1.54) is 0 Å². The Kier molecular flexibility index (Phi) is 5.15. The van der Waals surface area contributed by atoms with Crippen molar-refractivity contribution in [1.82, 2.24) is 14.3 Å². The van der Waals surface area contributed by atoms with Crippen molar-refractivity contribution in [2.75, 3.05) is 0 Å². The Morgan fingerprint density at radius 3 is 2.69 bits per heavy atom. The Balaban J connectivity index is 1.88. The molecule has 0 spiro atoms. The Labute approximate surface area is 177 Å². The molecule has 0 aliphatic rings. The van der Waals surface area contributed by atoms with Crippen LogP contribution in [0.2, 0.25) is 5.02 Å². The number of carbonyl (C=O) groups is 1. The van der Waals surface area contributed by atoms with Crippen LogP contribution in [0.5, 0.6) is 0 Å². The molecule has 0 atom stereocenters. The average Bonchev–Trinajstić information content (AvgIpc) is 3.25. The Bertz CT molecular complexity index is 1240. The number of hydrogen-bond donors (Lipinski definition) is 1. The van der Waals surface area contributed by atoms with E-state index in [4.69, 9.17) is 11.6 Å². The number of aromatic nitrogens is 3. The topological polar surface area (TPSA) is 60.0 Å². The van der Waals surface area contributed by atoms with Crippen molar-refractivity contribution < 1.29 is 9.90 Å². The molecule has 0 fully saturated rings. The first kappa shape index (κ1) is 19.6. The van der Waals surface area contributed by atoms with Crippen LogP contribution in [0.15, 0.2) is 58.6 Å². The summed E-state index contributed by atoms with van der Waals surface area (Å²) in [6.45, 7) is 6.71. The molecule has 0 aliphatic heterocycles. The zero-order valence-electron chi connectivity index (χ0n) is 16.3. The first-order valence-electron chi connectivity index (χ1n) is 9.24. The molecule has 5 nitrogen and oxygen atoms in total. The minimum atomic E-state index is -0.914. The monoisotopic (exact) mass is 425 g/mol. The summed E-state index contributed by atoms with van der Waals surface area (Å²) in [6, 6.07) is 11.4. The minimum absolute atomic E-state index is 0.323. The zero-order chi connectivity index (χ0) is 20.7. The SMILES string of the molecule is CCn1cc(-n2c(C)c(Sc3ccc(C)c(C(=O)O)c3)c3ccc(Cl)cc32)cn1. The van der Waals surface area contributed by atoms with Crippen LogP contribution >= 0.6 is 23.4 Å². The van der Waals surface area contributed by atoms with Gasteiger partial charge < -0.3 is 9.67 Å². The van der Waals surface area contributed by atoms with Crippen LogP contribution in [0.25, 0.3) is 16.6 Å². The normalized spacial score (nSPS) is 11.3. The Hall–Kier alpha value is -2.70. The summed E-state index contributed by atoms with van der Waals surface area (Å²) in [5, 5.41) is 15.6. The molecular formula is C22H20ClN3O2S. The number of benzene rings is 2. The number of carboxylic acids is 1. The fourth-order valence-corrected chi connectivity index (χ4v) is 4.71. The molecule has 0 amide bonds. The van der Waals surface area contributed by atoms with E-state index < -0.39 is 5.97 Å². The molecule has 0 unspecified atom stereocenters. The molecular weight excluding hydrogens is 406 g/mol. The molecule has 7 heteroatoms. The smallest absolute Gasteiger partial charge is 0.335 e. The highest BCUT2D eigenvalue weighted by Crippen LogP contribution is 2.40. The van der Waals surface area contributed by atoms with Crippen LogP contribution < -0.4 is 0 Å². The number of aryl methyl sites for hydroxylation is 2. The van der Waals surface area contributed by atoms with Crippen molar-refractivity contribution in [2.45, 2.75) is 37.1 Å². The predicted molar refractivity (Wildman–Crippen MR) is 117 cm³/mol. The van der Waals surface area contributed by atoms with E-state index in [1.807, 2.05) is 61.3 Å². The maximum atomic E-state index is 11.5. The molecule has 4 rings (SSSR count). The van der Waals surface area contributed by atoms with Gasteiger partial charge in [-0.15, -0.1) is 0 Å². The van der Waals surface area contributed by atoms with E-state index in [9.17, 15) is 9.90 Å². The van der Waals surface area contributed by atoms with Crippen LogP contribution in [-0.2, 0) is 6.54 Å². The average molecular weight is 426 g/mol. The fourth-order valence-electron chi connectivity index (χ4n) is 3.47. The molecule has 0 saturated heterocycles. The van der Waals surface area contributed by atoms with Crippen LogP contribution in [0.4, 0.5) is 0 Å². The predicted octanol–water partition coefficient (Wildman–Crippen LogP) is 5.97. The van der Waals surface area contributed by atoms with Gasteiger partial charge in [-0.2, -0.15) is 5.10 Å². The highest BCUT2D eigenvalue weighted by Gasteiger charge is 2.18. The fraction of sp³-hybridized carbons (Fsp3) is 0.182. The lowest BCUT2D eigenvalue weighted by atomic mass is 10.1. The van der Waals surface area contributed by atoms with Crippen molar-refractivity contribution in [3.63, 3.8) is 0 Å². The molecule has 2 aromatic heterocycles. The Morgan fingerprint density at radius 2 is 2.00 bits per heavy atom. The van der Waals surface area contributed by atoms with Crippen LogP contribution in [0.1, 0.15) is 28.5 Å². The third kappa shape index (κ3) is 3.54. The summed E-state index contributed by atoms with van der Waals surface area (Å²) in [5.41, 5.74) is 4.10. The molecule has 29 heavy (non-hydrogen) atoms. The number of carboxylic acid groups (broad SMARTS) is 1. The van der Waals surface area contributed by atoms with E-state index in [0.717, 1.165) is 44.2 Å². The van der Waals surface area contributed by atoms with Gasteiger partial charge in [-0.25, -0.2) is 4.79 Å². The number of aromatic carboxylic acids is 1. The second kappa shape index (κ2) is 7.61. The lowest BCUT2D eigenvalue weighted by molar-refractivity contribution is 0.0696. The quantitative estimate of drug-likeness (QED) is 0.428. The maximum Gasteiger partial charge on any atom is 0.335 e. The van der Waals surface area contributed by atoms with Crippen molar-refractivity contribution >= 4 is 40.2 Å². The maximum absolute atomic E-state index is 11.5. The molecule has 0 radical (unpaired) electrons. The summed E-state index contributed by atoms with van der Waals surface area (Å²) >= 11 is 7.86. The summed E-state index contributed by atoms with van der Waals surface area (Å²) in [5.74, 6) is -0.914. The minimum Gasteiger partial charge on any atom is -0.478 e. The highest BCUT2D eigenvalue weighted by atomic mass is 35.5. The standard InChI is InChI=1S/C22H20ClN3O2S/c1-4-25-12-16(11-24-25)26-14(3)21(18-8-6-15(23)9-20(18)26)29-17-7-5-13(2)19(10-17)22(27)28/h5-12H,4H2,1-3H3,(H,27,28). The molecule has 4 aromatic rings. The van der Waals surface area contributed by atoms with Crippen LogP contribution in [-0.4, -0.2) is 25.4 Å². The van der Waals surface area contributed by atoms with E-state index in [1.54, 1.807) is 17.8 Å². The van der Waals surface area contributed by atoms with Gasteiger partial charge in [0.2, 0.25) is 0 Å². The van der Waals surface area contributed by atoms with Gasteiger partial charge in [-0.1, -0.05) is 35.5 Å². The Morgan fingerprint density at radius 1 is 1.21 bits per heavy atom. The van der Waals surface area contributed by atoms with Gasteiger partial charge in [-0.3, -0.25) is 4.68 Å². The second-order valence-corrected chi connectivity index (χ2v) is 8.37. The summed E-state index contributed by atoms with van der Waals surface area (Å²) < 4.78 is 4.03. The van der Waals surface area contributed by atoms with Gasteiger partial charge in [0, 0.05) is 38.6 Å². The van der Waals surface area contributed by atoms with E-state index in [2.05, 4.69) is 16.6 Å². The van der Waals surface area contributed by atoms with E-state index >= 15 is 0 Å². The number of nitrogens with zero attached hydrogens (tertiary/aromatic N) is 3. The van der Waals surface area contributed by atoms with Gasteiger partial charge in [0.15, 0.2) is 0 Å². The molecule has 0 bridgehead atoms. The number of halogens is 1. The molecule has 2 aromatic carbocycles. The van der Waals surface area contributed by atoms with Crippen molar-refractivity contribution in [1.29, 1.82) is 0 Å². The second-order valence-electron chi connectivity index (χ2n) is 6.85. The molecule has 1 N–H and O–H groups in total. The molecule has 2 heterocycles. The first-order chi connectivity index (χ1) is 13.9. The van der Waals surface area contributed by atoms with Gasteiger partial charge in [0.05, 0.1) is 23.0 Å². The van der Waals surface area contributed by atoms with Crippen LogP contribution in [0, 0.1) is 13.8 Å². The van der Waals surface area contributed by atoms with Gasteiger partial charge >= 0.3 is 5.97 Å². The molecule has 0 saturated carbocycles. The largest absolute Gasteiger partial charge is 0.478 e. The van der Waals surface area contributed by atoms with E-state index in [0.29, 0.717) is 10.6 Å². The third-order valence-corrected chi connectivity index (χ3v) is 6.41. The lowest BCUT2D eigenvalue weighted by Crippen LogP contribution is -1.99. The molecule has 148 valence electrons. The lowest BCUT2D eigenvalue weighted by Gasteiger charge is -2.07.